The highest BCUT2D eigenvalue weighted by Gasteiger charge is 2.25. The van der Waals surface area contributed by atoms with E-state index in [4.69, 9.17) is 14.5 Å². The number of methoxy groups -OCH3 is 1. The molecule has 0 fully saturated rings. The molecular formula is C26H28N2O3. The fourth-order valence-corrected chi connectivity index (χ4v) is 3.82. The van der Waals surface area contributed by atoms with E-state index in [0.717, 1.165) is 34.0 Å². The van der Waals surface area contributed by atoms with E-state index < -0.39 is 0 Å². The van der Waals surface area contributed by atoms with Crippen LogP contribution in [-0.2, 0) is 17.6 Å². The van der Waals surface area contributed by atoms with E-state index in [1.807, 2.05) is 24.3 Å². The zero-order valence-corrected chi connectivity index (χ0v) is 18.3. The Balaban J connectivity index is 1.45. The van der Waals surface area contributed by atoms with Crippen LogP contribution in [-0.4, -0.2) is 31.2 Å². The molecule has 1 aromatic heterocycles. The third kappa shape index (κ3) is 4.88. The normalized spacial score (nSPS) is 14.6. The highest BCUT2D eigenvalue weighted by Crippen LogP contribution is 2.41. The van der Waals surface area contributed by atoms with Crippen molar-refractivity contribution in [1.29, 1.82) is 0 Å². The number of amides is 1. The number of nitrogens with zero attached hydrogens (tertiary/aromatic N) is 1. The SMILES string of the molecule is COc1cccc(CC(=O)NCCc2cc3c(c(-c4ccc(C)cc4)n2)OCC3C)c1. The van der Waals surface area contributed by atoms with Gasteiger partial charge in [-0.25, -0.2) is 4.98 Å². The summed E-state index contributed by atoms with van der Waals surface area (Å²) in [7, 11) is 1.62. The number of pyridine rings is 1. The number of carbonyl (C=O) groups excluding carboxylic acids is 1. The van der Waals surface area contributed by atoms with Crippen LogP contribution in [0.15, 0.2) is 54.6 Å². The van der Waals surface area contributed by atoms with Gasteiger partial charge >= 0.3 is 0 Å². The third-order valence-corrected chi connectivity index (χ3v) is 5.59. The molecule has 160 valence electrons. The Morgan fingerprint density at radius 3 is 2.77 bits per heavy atom. The lowest BCUT2D eigenvalue weighted by Gasteiger charge is -2.12. The van der Waals surface area contributed by atoms with Crippen LogP contribution in [0, 0.1) is 6.92 Å². The molecule has 0 radical (unpaired) electrons. The summed E-state index contributed by atoms with van der Waals surface area (Å²) in [5, 5.41) is 3.01. The number of carbonyl (C=O) groups is 1. The summed E-state index contributed by atoms with van der Waals surface area (Å²) in [6.07, 6.45) is 0.997. The summed E-state index contributed by atoms with van der Waals surface area (Å²) >= 11 is 0. The summed E-state index contributed by atoms with van der Waals surface area (Å²) in [5.74, 6) is 1.98. The monoisotopic (exact) mass is 416 g/mol. The molecule has 4 rings (SSSR count). The highest BCUT2D eigenvalue weighted by molar-refractivity contribution is 5.78. The van der Waals surface area contributed by atoms with E-state index >= 15 is 0 Å². The maximum atomic E-state index is 12.4. The Hall–Kier alpha value is -3.34. The number of nitrogens with one attached hydrogen (secondary N) is 1. The van der Waals surface area contributed by atoms with Crippen LogP contribution >= 0.6 is 0 Å². The van der Waals surface area contributed by atoms with E-state index in [9.17, 15) is 4.79 Å². The molecule has 1 aliphatic rings. The van der Waals surface area contributed by atoms with Gasteiger partial charge in [0.15, 0.2) is 0 Å². The molecule has 2 heterocycles. The smallest absolute Gasteiger partial charge is 0.224 e. The zero-order chi connectivity index (χ0) is 21.8. The molecule has 0 saturated carbocycles. The number of benzene rings is 2. The largest absolute Gasteiger partial charge is 0.497 e. The number of ether oxygens (including phenoxy) is 2. The quantitative estimate of drug-likeness (QED) is 0.618. The van der Waals surface area contributed by atoms with E-state index in [1.165, 1.54) is 11.1 Å². The summed E-state index contributed by atoms with van der Waals surface area (Å²) in [5.41, 5.74) is 6.25. The van der Waals surface area contributed by atoms with Gasteiger partial charge in [0.2, 0.25) is 5.91 Å². The summed E-state index contributed by atoms with van der Waals surface area (Å²) in [6.45, 7) is 5.46. The van der Waals surface area contributed by atoms with Crippen molar-refractivity contribution in [2.45, 2.75) is 32.6 Å². The van der Waals surface area contributed by atoms with Crippen molar-refractivity contribution in [3.8, 4) is 22.8 Å². The Morgan fingerprint density at radius 2 is 2.00 bits per heavy atom. The van der Waals surface area contributed by atoms with Crippen molar-refractivity contribution in [3.05, 3.63) is 77.0 Å². The maximum absolute atomic E-state index is 12.4. The van der Waals surface area contributed by atoms with Crippen LogP contribution < -0.4 is 14.8 Å². The van der Waals surface area contributed by atoms with Crippen molar-refractivity contribution in [1.82, 2.24) is 10.3 Å². The molecule has 1 atom stereocenters. The van der Waals surface area contributed by atoms with E-state index in [-0.39, 0.29) is 5.91 Å². The molecule has 5 heteroatoms. The second-order valence-electron chi connectivity index (χ2n) is 8.09. The van der Waals surface area contributed by atoms with Crippen molar-refractivity contribution in [2.24, 2.45) is 0 Å². The average molecular weight is 417 g/mol. The van der Waals surface area contributed by atoms with Crippen molar-refractivity contribution in [3.63, 3.8) is 0 Å². The number of aromatic nitrogens is 1. The minimum atomic E-state index is -0.00938. The molecule has 1 unspecified atom stereocenters. The molecule has 0 aliphatic carbocycles. The Bertz CT molecular complexity index is 1080. The molecule has 31 heavy (non-hydrogen) atoms. The second-order valence-corrected chi connectivity index (χ2v) is 8.09. The highest BCUT2D eigenvalue weighted by atomic mass is 16.5. The van der Waals surface area contributed by atoms with Crippen LogP contribution in [0.2, 0.25) is 0 Å². The van der Waals surface area contributed by atoms with Gasteiger partial charge < -0.3 is 14.8 Å². The fraction of sp³-hybridized carbons (Fsp3) is 0.308. The van der Waals surface area contributed by atoms with Crippen LogP contribution in [0.3, 0.4) is 0 Å². The number of aryl methyl sites for hydroxylation is 1. The minimum absolute atomic E-state index is 0.00938. The Morgan fingerprint density at radius 1 is 1.19 bits per heavy atom. The lowest BCUT2D eigenvalue weighted by molar-refractivity contribution is -0.120. The van der Waals surface area contributed by atoms with Crippen molar-refractivity contribution < 1.29 is 14.3 Å². The van der Waals surface area contributed by atoms with Gasteiger partial charge in [-0.15, -0.1) is 0 Å². The van der Waals surface area contributed by atoms with Gasteiger partial charge in [0.05, 0.1) is 20.1 Å². The Labute approximate surface area is 183 Å². The first-order chi connectivity index (χ1) is 15.0. The van der Waals surface area contributed by atoms with Crippen LogP contribution in [0.4, 0.5) is 0 Å². The van der Waals surface area contributed by atoms with Gasteiger partial charge in [-0.3, -0.25) is 4.79 Å². The van der Waals surface area contributed by atoms with Crippen LogP contribution in [0.25, 0.3) is 11.3 Å². The lowest BCUT2D eigenvalue weighted by atomic mass is 9.99. The molecule has 3 aromatic rings. The predicted octanol–water partition coefficient (Wildman–Crippen LogP) is 4.46. The van der Waals surface area contributed by atoms with Gasteiger partial charge in [0.25, 0.3) is 0 Å². The zero-order valence-electron chi connectivity index (χ0n) is 18.3. The van der Waals surface area contributed by atoms with Crippen LogP contribution in [0.1, 0.15) is 35.2 Å². The average Bonchev–Trinajstić information content (AvgIpc) is 3.15. The molecule has 0 bridgehead atoms. The van der Waals surface area contributed by atoms with E-state index in [1.54, 1.807) is 7.11 Å². The first kappa shape index (κ1) is 20.9. The standard InChI is InChI=1S/C26H28N2O3/c1-17-7-9-20(10-8-17)25-26-23(18(2)16-31-26)15-21(28-25)11-12-27-24(29)14-19-5-4-6-22(13-19)30-3/h4-10,13,15,18H,11-12,14,16H2,1-3H3,(H,27,29). The molecule has 0 spiro atoms. The number of hydrogen-bond acceptors (Lipinski definition) is 4. The first-order valence-corrected chi connectivity index (χ1v) is 10.7. The minimum Gasteiger partial charge on any atom is -0.497 e. The number of hydrogen-bond donors (Lipinski definition) is 1. The van der Waals surface area contributed by atoms with E-state index in [0.29, 0.717) is 31.9 Å². The lowest BCUT2D eigenvalue weighted by Crippen LogP contribution is -2.27. The number of fused-ring (bicyclic) bond motifs is 1. The third-order valence-electron chi connectivity index (χ3n) is 5.59. The van der Waals surface area contributed by atoms with Gasteiger partial charge in [0, 0.05) is 35.7 Å². The molecule has 1 N–H and O–H groups in total. The summed E-state index contributed by atoms with van der Waals surface area (Å²) < 4.78 is 11.2. The molecule has 1 amide bonds. The first-order valence-electron chi connectivity index (χ1n) is 10.7. The fourth-order valence-electron chi connectivity index (χ4n) is 3.82. The number of rotatable bonds is 7. The summed E-state index contributed by atoms with van der Waals surface area (Å²) in [4.78, 5) is 17.3. The molecule has 5 nitrogen and oxygen atoms in total. The second kappa shape index (κ2) is 9.21. The van der Waals surface area contributed by atoms with E-state index in [2.05, 4.69) is 49.5 Å². The summed E-state index contributed by atoms with van der Waals surface area (Å²) in [6, 6.07) is 18.1. The van der Waals surface area contributed by atoms with Crippen LogP contribution in [0.5, 0.6) is 11.5 Å². The van der Waals surface area contributed by atoms with Gasteiger partial charge in [-0.1, -0.05) is 48.9 Å². The predicted molar refractivity (Wildman–Crippen MR) is 122 cm³/mol. The van der Waals surface area contributed by atoms with Gasteiger partial charge in [0.1, 0.15) is 17.2 Å². The topological polar surface area (TPSA) is 60.5 Å². The molecule has 1 aliphatic heterocycles. The molecule has 0 saturated heterocycles. The Kier molecular flexibility index (Phi) is 6.21. The van der Waals surface area contributed by atoms with Gasteiger partial charge in [-0.2, -0.15) is 0 Å². The maximum Gasteiger partial charge on any atom is 0.224 e. The van der Waals surface area contributed by atoms with Gasteiger partial charge in [-0.05, 0) is 30.7 Å². The van der Waals surface area contributed by atoms with Crippen molar-refractivity contribution in [2.75, 3.05) is 20.3 Å². The molecular weight excluding hydrogens is 388 g/mol. The molecule has 2 aromatic carbocycles. The van der Waals surface area contributed by atoms with Crippen molar-refractivity contribution >= 4 is 5.91 Å².